The minimum atomic E-state index is -0.564. The summed E-state index contributed by atoms with van der Waals surface area (Å²) in [5.41, 5.74) is 1.24. The lowest BCUT2D eigenvalue weighted by Crippen LogP contribution is -2.23. The SMILES string of the molecule is CCCCCC1CCC(c2ccc(C3CCC(COC4C=CC(CCC)CC4)CC3)c(F)c2F)CC1. The zero-order valence-electron chi connectivity index (χ0n) is 23.0. The molecule has 0 saturated heterocycles. The third-order valence-electron chi connectivity index (χ3n) is 9.56. The highest BCUT2D eigenvalue weighted by atomic mass is 19.2. The molecule has 0 aromatic heterocycles. The second kappa shape index (κ2) is 14.1. The Labute approximate surface area is 219 Å². The van der Waals surface area contributed by atoms with Crippen LogP contribution in [0.1, 0.15) is 140 Å². The Hall–Kier alpha value is -1.22. The first-order valence-electron chi connectivity index (χ1n) is 15.4. The van der Waals surface area contributed by atoms with E-state index in [1.807, 2.05) is 12.1 Å². The minimum Gasteiger partial charge on any atom is -0.374 e. The van der Waals surface area contributed by atoms with Gasteiger partial charge in [-0.1, -0.05) is 70.2 Å². The highest BCUT2D eigenvalue weighted by molar-refractivity contribution is 5.32. The van der Waals surface area contributed by atoms with Crippen LogP contribution >= 0.6 is 0 Å². The van der Waals surface area contributed by atoms with Gasteiger partial charge in [0.2, 0.25) is 0 Å². The van der Waals surface area contributed by atoms with Gasteiger partial charge in [0.1, 0.15) is 0 Å². The molecule has 3 aliphatic carbocycles. The van der Waals surface area contributed by atoms with Gasteiger partial charge in [0.15, 0.2) is 11.6 Å². The normalized spacial score (nSPS) is 31.0. The fraction of sp³-hybridized carbons (Fsp3) is 0.758. The van der Waals surface area contributed by atoms with Gasteiger partial charge in [0, 0.05) is 0 Å². The summed E-state index contributed by atoms with van der Waals surface area (Å²) in [6, 6.07) is 3.84. The molecule has 202 valence electrons. The number of benzene rings is 1. The smallest absolute Gasteiger partial charge is 0.162 e. The lowest BCUT2D eigenvalue weighted by Gasteiger charge is -2.32. The number of halogens is 2. The Balaban J connectivity index is 1.23. The van der Waals surface area contributed by atoms with Crippen molar-refractivity contribution in [2.45, 2.75) is 135 Å². The van der Waals surface area contributed by atoms with E-state index >= 15 is 8.78 Å². The average Bonchev–Trinajstić information content (AvgIpc) is 2.91. The molecule has 0 heterocycles. The Morgan fingerprint density at radius 2 is 1.28 bits per heavy atom. The first-order chi connectivity index (χ1) is 17.6. The van der Waals surface area contributed by atoms with Crippen LogP contribution in [0.4, 0.5) is 8.78 Å². The largest absolute Gasteiger partial charge is 0.374 e. The average molecular weight is 501 g/mol. The van der Waals surface area contributed by atoms with Crippen LogP contribution in [0.5, 0.6) is 0 Å². The molecule has 1 aromatic rings. The molecule has 1 nitrogen and oxygen atoms in total. The van der Waals surface area contributed by atoms with Gasteiger partial charge in [-0.25, -0.2) is 8.78 Å². The Morgan fingerprint density at radius 3 is 1.81 bits per heavy atom. The van der Waals surface area contributed by atoms with Gasteiger partial charge in [0.05, 0.1) is 12.7 Å². The van der Waals surface area contributed by atoms with Gasteiger partial charge >= 0.3 is 0 Å². The Kier molecular flexibility index (Phi) is 10.9. The van der Waals surface area contributed by atoms with Crippen LogP contribution in [-0.2, 0) is 4.74 Å². The molecule has 0 N–H and O–H groups in total. The fourth-order valence-corrected chi connectivity index (χ4v) is 7.16. The zero-order valence-corrected chi connectivity index (χ0v) is 23.0. The van der Waals surface area contributed by atoms with E-state index in [0.717, 1.165) is 63.4 Å². The molecule has 0 aliphatic heterocycles. The van der Waals surface area contributed by atoms with Crippen molar-refractivity contribution in [1.82, 2.24) is 0 Å². The maximum atomic E-state index is 15.3. The van der Waals surface area contributed by atoms with Crippen molar-refractivity contribution in [2.24, 2.45) is 17.8 Å². The predicted molar refractivity (Wildman–Crippen MR) is 146 cm³/mol. The lowest BCUT2D eigenvalue weighted by atomic mass is 9.75. The Bertz CT molecular complexity index is 817. The van der Waals surface area contributed by atoms with E-state index in [0.29, 0.717) is 17.0 Å². The van der Waals surface area contributed by atoms with Gasteiger partial charge in [-0.05, 0) is 111 Å². The molecule has 2 saturated carbocycles. The molecule has 4 rings (SSSR count). The first-order valence-corrected chi connectivity index (χ1v) is 15.4. The second-order valence-corrected chi connectivity index (χ2v) is 12.2. The highest BCUT2D eigenvalue weighted by Crippen LogP contribution is 2.42. The van der Waals surface area contributed by atoms with Crippen LogP contribution in [0.2, 0.25) is 0 Å². The number of allylic oxidation sites excluding steroid dienone is 1. The number of unbranched alkanes of at least 4 members (excludes halogenated alkanes) is 2. The molecule has 0 radical (unpaired) electrons. The monoisotopic (exact) mass is 500 g/mol. The van der Waals surface area contributed by atoms with Gasteiger partial charge in [-0.15, -0.1) is 0 Å². The highest BCUT2D eigenvalue weighted by Gasteiger charge is 2.30. The van der Waals surface area contributed by atoms with Crippen molar-refractivity contribution in [3.8, 4) is 0 Å². The second-order valence-electron chi connectivity index (χ2n) is 12.2. The topological polar surface area (TPSA) is 9.23 Å². The van der Waals surface area contributed by atoms with Crippen LogP contribution in [-0.4, -0.2) is 12.7 Å². The molecule has 0 bridgehead atoms. The quantitative estimate of drug-likeness (QED) is 0.217. The third-order valence-corrected chi connectivity index (χ3v) is 9.56. The summed E-state index contributed by atoms with van der Waals surface area (Å²) in [6.07, 6.45) is 23.3. The standard InChI is InChI=1S/C33H50F2O/c1-3-5-6-8-25-9-15-27(16-10-25)30-21-22-31(33(35)32(30)34)28-17-11-26(12-18-28)23-36-29-19-13-24(7-4-2)14-20-29/h13,19,21-22,24-29H,3-12,14-18,20,23H2,1-2H3. The molecular weight excluding hydrogens is 450 g/mol. The van der Waals surface area contributed by atoms with Crippen LogP contribution in [0, 0.1) is 29.4 Å². The van der Waals surface area contributed by atoms with Gasteiger partial charge in [-0.2, -0.15) is 0 Å². The molecule has 36 heavy (non-hydrogen) atoms. The molecule has 2 unspecified atom stereocenters. The van der Waals surface area contributed by atoms with Crippen LogP contribution in [0.25, 0.3) is 0 Å². The van der Waals surface area contributed by atoms with Crippen molar-refractivity contribution in [3.63, 3.8) is 0 Å². The third kappa shape index (κ3) is 7.42. The molecular formula is C33H50F2O. The molecule has 1 aromatic carbocycles. The number of hydrogen-bond acceptors (Lipinski definition) is 1. The first kappa shape index (κ1) is 27.8. The van der Waals surface area contributed by atoms with E-state index in [-0.39, 0.29) is 17.9 Å². The number of rotatable bonds is 11. The summed E-state index contributed by atoms with van der Waals surface area (Å²) in [4.78, 5) is 0. The van der Waals surface area contributed by atoms with Crippen LogP contribution in [0.3, 0.4) is 0 Å². The summed E-state index contributed by atoms with van der Waals surface area (Å²) >= 11 is 0. The molecule has 2 fully saturated rings. The Morgan fingerprint density at radius 1 is 0.667 bits per heavy atom. The summed E-state index contributed by atoms with van der Waals surface area (Å²) in [7, 11) is 0. The summed E-state index contributed by atoms with van der Waals surface area (Å²) < 4.78 is 36.7. The molecule has 2 atom stereocenters. The summed E-state index contributed by atoms with van der Waals surface area (Å²) in [5.74, 6) is 1.27. The van der Waals surface area contributed by atoms with Crippen molar-refractivity contribution in [2.75, 3.05) is 6.61 Å². The number of hydrogen-bond donors (Lipinski definition) is 0. The van der Waals surface area contributed by atoms with Gasteiger partial charge in [-0.3, -0.25) is 0 Å². The zero-order chi connectivity index (χ0) is 25.3. The van der Waals surface area contributed by atoms with E-state index in [4.69, 9.17) is 4.74 Å². The van der Waals surface area contributed by atoms with Crippen molar-refractivity contribution in [1.29, 1.82) is 0 Å². The van der Waals surface area contributed by atoms with Crippen LogP contribution < -0.4 is 0 Å². The lowest BCUT2D eigenvalue weighted by molar-refractivity contribution is 0.0346. The van der Waals surface area contributed by atoms with E-state index < -0.39 is 11.6 Å². The fourth-order valence-electron chi connectivity index (χ4n) is 7.16. The van der Waals surface area contributed by atoms with Crippen molar-refractivity contribution >= 4 is 0 Å². The molecule has 3 aliphatic rings. The summed E-state index contributed by atoms with van der Waals surface area (Å²) in [5, 5.41) is 0. The maximum absolute atomic E-state index is 15.3. The predicted octanol–water partition coefficient (Wildman–Crippen LogP) is 10.2. The van der Waals surface area contributed by atoms with E-state index in [9.17, 15) is 0 Å². The number of ether oxygens (including phenoxy) is 1. The summed E-state index contributed by atoms with van der Waals surface area (Å²) in [6.45, 7) is 5.30. The molecule has 0 spiro atoms. The molecule has 0 amide bonds. The van der Waals surface area contributed by atoms with E-state index in [1.54, 1.807) is 0 Å². The maximum Gasteiger partial charge on any atom is 0.162 e. The van der Waals surface area contributed by atoms with E-state index in [2.05, 4.69) is 26.0 Å². The van der Waals surface area contributed by atoms with Gasteiger partial charge < -0.3 is 4.74 Å². The van der Waals surface area contributed by atoms with E-state index in [1.165, 1.54) is 57.8 Å². The molecule has 3 heteroatoms. The van der Waals surface area contributed by atoms with Crippen molar-refractivity contribution in [3.05, 3.63) is 47.0 Å². The minimum absolute atomic E-state index is 0.142. The van der Waals surface area contributed by atoms with Gasteiger partial charge in [0.25, 0.3) is 0 Å². The van der Waals surface area contributed by atoms with Crippen LogP contribution in [0.15, 0.2) is 24.3 Å². The van der Waals surface area contributed by atoms with Crippen molar-refractivity contribution < 1.29 is 13.5 Å².